The van der Waals surface area contributed by atoms with E-state index in [1.165, 1.54) is 180 Å². The molecular weight excluding hydrogens is 780 g/mol. The lowest BCUT2D eigenvalue weighted by molar-refractivity contribution is 0.0142. The SMILES string of the molecule is CCCCCCCCCCCCCCCCOCCCOP(=O)(CO[C@H](CO)Cn1cnc2c(=O)[nH]cnc21)OCCCOCCCCCCCCCCCCCCCC. The first kappa shape index (κ1) is 54.5. The fourth-order valence-corrected chi connectivity index (χ4v) is 8.88. The second-order valence-corrected chi connectivity index (χ2v) is 18.8. The lowest BCUT2D eigenvalue weighted by atomic mass is 10.0. The molecule has 2 heterocycles. The van der Waals surface area contributed by atoms with E-state index >= 15 is 0 Å². The van der Waals surface area contributed by atoms with E-state index in [4.69, 9.17) is 23.3 Å². The van der Waals surface area contributed by atoms with Crippen molar-refractivity contribution >= 4 is 18.8 Å². The summed E-state index contributed by atoms with van der Waals surface area (Å²) < 4.78 is 44.8. The van der Waals surface area contributed by atoms with E-state index in [1.807, 2.05) is 0 Å². The van der Waals surface area contributed by atoms with Crippen molar-refractivity contribution in [3.05, 3.63) is 23.0 Å². The maximum Gasteiger partial charge on any atom is 0.356 e. The summed E-state index contributed by atoms with van der Waals surface area (Å²) in [5.41, 5.74) is 0.225. The van der Waals surface area contributed by atoms with Gasteiger partial charge in [0.05, 0.1) is 45.1 Å². The molecule has 1 atom stereocenters. The number of unbranched alkanes of at least 4 members (excludes halogenated alkanes) is 26. The zero-order chi connectivity index (χ0) is 43.0. The van der Waals surface area contributed by atoms with Crippen molar-refractivity contribution in [2.75, 3.05) is 52.6 Å². The van der Waals surface area contributed by atoms with Crippen LogP contribution in [0.25, 0.3) is 11.2 Å². The Bertz CT molecular complexity index is 1300. The number of rotatable bonds is 46. The molecule has 2 N–H and O–H groups in total. The lowest BCUT2D eigenvalue weighted by Crippen LogP contribution is -2.25. The van der Waals surface area contributed by atoms with Gasteiger partial charge in [0.2, 0.25) is 0 Å². The molecule has 0 aliphatic rings. The van der Waals surface area contributed by atoms with Crippen LogP contribution in [0.15, 0.2) is 17.4 Å². The van der Waals surface area contributed by atoms with Gasteiger partial charge >= 0.3 is 7.60 Å². The van der Waals surface area contributed by atoms with E-state index in [-0.39, 0.29) is 43.8 Å². The summed E-state index contributed by atoms with van der Waals surface area (Å²) in [4.78, 5) is 22.9. The van der Waals surface area contributed by atoms with E-state index in [0.717, 1.165) is 26.1 Å². The molecule has 13 heteroatoms. The van der Waals surface area contributed by atoms with E-state index in [1.54, 1.807) is 4.57 Å². The number of hydrogen-bond donors (Lipinski definition) is 2. The molecule has 2 aromatic rings. The minimum Gasteiger partial charge on any atom is -0.394 e. The predicted molar refractivity (Wildman–Crippen MR) is 246 cm³/mol. The fraction of sp³-hybridized carbons (Fsp3) is 0.894. The summed E-state index contributed by atoms with van der Waals surface area (Å²) in [7, 11) is -3.66. The molecule has 0 amide bonds. The van der Waals surface area contributed by atoms with E-state index in [2.05, 4.69) is 28.8 Å². The quantitative estimate of drug-likeness (QED) is 0.0487. The Morgan fingerprint density at radius 3 is 1.40 bits per heavy atom. The molecule has 350 valence electrons. The normalized spacial score (nSPS) is 12.6. The van der Waals surface area contributed by atoms with Gasteiger partial charge in [0, 0.05) is 26.4 Å². The Morgan fingerprint density at radius 2 is 0.983 bits per heavy atom. The highest BCUT2D eigenvalue weighted by molar-refractivity contribution is 7.53. The van der Waals surface area contributed by atoms with Crippen molar-refractivity contribution in [1.29, 1.82) is 0 Å². The van der Waals surface area contributed by atoms with Crippen LogP contribution in [-0.2, 0) is 34.4 Å². The first-order valence-corrected chi connectivity index (χ1v) is 26.4. The monoisotopic (exact) mass is 869 g/mol. The molecule has 0 aliphatic heterocycles. The highest BCUT2D eigenvalue weighted by Crippen LogP contribution is 2.48. The molecule has 2 aromatic heterocycles. The van der Waals surface area contributed by atoms with Crippen LogP contribution in [-0.4, -0.2) is 83.3 Å². The molecule has 0 bridgehead atoms. The number of nitrogens with one attached hydrogen (secondary N) is 1. The van der Waals surface area contributed by atoms with Crippen LogP contribution in [0, 0.1) is 0 Å². The summed E-state index contributed by atoms with van der Waals surface area (Å²) >= 11 is 0. The maximum absolute atomic E-state index is 13.8. The molecule has 0 saturated carbocycles. The number of nitrogens with zero attached hydrogens (tertiary/aromatic N) is 3. The number of aliphatic hydroxyl groups excluding tert-OH is 1. The van der Waals surface area contributed by atoms with Gasteiger partial charge in [0.15, 0.2) is 11.2 Å². The summed E-state index contributed by atoms with van der Waals surface area (Å²) in [6.07, 6.45) is 40.1. The van der Waals surface area contributed by atoms with Crippen molar-refractivity contribution in [2.45, 2.75) is 219 Å². The van der Waals surface area contributed by atoms with Crippen molar-refractivity contribution < 1.29 is 32.9 Å². The van der Waals surface area contributed by atoms with Crippen LogP contribution < -0.4 is 5.56 Å². The zero-order valence-electron chi connectivity index (χ0n) is 38.4. The number of aromatic nitrogens is 4. The van der Waals surface area contributed by atoms with Crippen LogP contribution >= 0.6 is 7.60 Å². The maximum atomic E-state index is 13.8. The Kier molecular flexibility index (Phi) is 35.4. The highest BCUT2D eigenvalue weighted by atomic mass is 31.2. The summed E-state index contributed by atoms with van der Waals surface area (Å²) in [6, 6.07) is 0. The number of H-pyrrole nitrogens is 1. The first-order valence-electron chi connectivity index (χ1n) is 24.7. The second-order valence-electron chi connectivity index (χ2n) is 16.8. The van der Waals surface area contributed by atoms with Crippen LogP contribution in [0.2, 0.25) is 0 Å². The van der Waals surface area contributed by atoms with Gasteiger partial charge in [-0.1, -0.05) is 181 Å². The summed E-state index contributed by atoms with van der Waals surface area (Å²) in [6.45, 7) is 7.25. The number of fused-ring (bicyclic) bond motifs is 1. The molecule has 0 fully saturated rings. The Morgan fingerprint density at radius 1 is 0.583 bits per heavy atom. The third-order valence-corrected chi connectivity index (χ3v) is 12.8. The molecule has 0 spiro atoms. The van der Waals surface area contributed by atoms with E-state index < -0.39 is 13.7 Å². The van der Waals surface area contributed by atoms with Gasteiger partial charge in [-0.15, -0.1) is 0 Å². The molecule has 60 heavy (non-hydrogen) atoms. The van der Waals surface area contributed by atoms with Crippen LogP contribution in [0.1, 0.15) is 206 Å². The van der Waals surface area contributed by atoms with Crippen molar-refractivity contribution in [2.24, 2.45) is 0 Å². The van der Waals surface area contributed by atoms with Crippen molar-refractivity contribution in [1.82, 2.24) is 19.5 Å². The van der Waals surface area contributed by atoms with E-state index in [0.29, 0.717) is 31.7 Å². The average Bonchev–Trinajstić information content (AvgIpc) is 3.67. The van der Waals surface area contributed by atoms with Gasteiger partial charge < -0.3 is 37.9 Å². The van der Waals surface area contributed by atoms with Crippen LogP contribution in [0.5, 0.6) is 0 Å². The van der Waals surface area contributed by atoms with Gasteiger partial charge in [-0.3, -0.25) is 9.36 Å². The molecular formula is C47H89N4O8P. The molecule has 2 rings (SSSR count). The highest BCUT2D eigenvalue weighted by Gasteiger charge is 2.27. The second kappa shape index (κ2) is 39.0. The van der Waals surface area contributed by atoms with Crippen LogP contribution in [0.4, 0.5) is 0 Å². The largest absolute Gasteiger partial charge is 0.394 e. The average molecular weight is 869 g/mol. The lowest BCUT2D eigenvalue weighted by Gasteiger charge is -2.22. The van der Waals surface area contributed by atoms with Gasteiger partial charge in [0.25, 0.3) is 5.56 Å². The number of aliphatic hydroxyl groups is 1. The Hall–Kier alpha value is -1.66. The van der Waals surface area contributed by atoms with Crippen LogP contribution in [0.3, 0.4) is 0 Å². The summed E-state index contributed by atoms with van der Waals surface area (Å²) in [5, 5.41) is 10.1. The smallest absolute Gasteiger partial charge is 0.356 e. The van der Waals surface area contributed by atoms with Gasteiger partial charge in [-0.25, -0.2) is 9.97 Å². The number of aromatic amines is 1. The molecule has 0 radical (unpaired) electrons. The third-order valence-electron chi connectivity index (χ3n) is 11.2. The van der Waals surface area contributed by atoms with E-state index in [9.17, 15) is 14.5 Å². The van der Waals surface area contributed by atoms with Gasteiger partial charge in [-0.05, 0) is 25.7 Å². The zero-order valence-corrected chi connectivity index (χ0v) is 39.3. The molecule has 0 saturated heterocycles. The minimum atomic E-state index is -3.66. The number of ether oxygens (including phenoxy) is 3. The van der Waals surface area contributed by atoms with Gasteiger partial charge in [0.1, 0.15) is 6.35 Å². The number of hydrogen-bond acceptors (Lipinski definition) is 10. The first-order chi connectivity index (χ1) is 29.5. The molecule has 0 aromatic carbocycles. The third kappa shape index (κ3) is 28.8. The van der Waals surface area contributed by atoms with Gasteiger partial charge in [-0.2, -0.15) is 0 Å². The standard InChI is InChI=1S/C47H89N4O8P/c1-3-5-7-9-11-13-15-17-19-21-23-25-27-29-33-55-35-31-37-58-60(54,43-57-44(40-52)39-51-42-50-45-46(51)48-41-49-47(45)53)59-38-32-36-56-34-30-28-26-24-22-20-18-16-14-12-10-8-6-4-2/h41-42,44,52H,3-40,43H2,1-2H3,(H,48,49,53)/t44-/m0/s1. The Labute approximate surface area is 365 Å². The minimum absolute atomic E-state index is 0.156. The molecule has 0 unspecified atom stereocenters. The van der Waals surface area contributed by atoms with Crippen molar-refractivity contribution in [3.63, 3.8) is 0 Å². The molecule has 12 nitrogen and oxygen atoms in total. The predicted octanol–water partition coefficient (Wildman–Crippen LogP) is 12.5. The Balaban J connectivity index is 1.60. The topological polar surface area (TPSA) is 147 Å². The van der Waals surface area contributed by atoms with Crippen molar-refractivity contribution in [3.8, 4) is 0 Å². The summed E-state index contributed by atoms with van der Waals surface area (Å²) in [5.74, 6) is 0. The number of imidazole rings is 1. The fourth-order valence-electron chi connectivity index (χ4n) is 7.45. The molecule has 0 aliphatic carbocycles.